The van der Waals surface area contributed by atoms with Gasteiger partial charge in [-0.25, -0.2) is 0 Å². The van der Waals surface area contributed by atoms with E-state index >= 15 is 0 Å². The lowest BCUT2D eigenvalue weighted by Crippen LogP contribution is -2.34. The Hall–Kier alpha value is -2.93. The number of rotatable bonds is 7. The maximum Gasteiger partial charge on any atom is 0.257 e. The minimum Gasteiger partial charge on any atom is -0.494 e. The average Bonchev–Trinajstić information content (AvgIpc) is 2.62. The third-order valence-electron chi connectivity index (χ3n) is 3.52. The predicted molar refractivity (Wildman–Crippen MR) is 105 cm³/mol. The van der Waals surface area contributed by atoms with Crippen LogP contribution in [0, 0.1) is 0 Å². The Labute approximate surface area is 157 Å². The van der Waals surface area contributed by atoms with E-state index in [-0.39, 0.29) is 11.0 Å². The van der Waals surface area contributed by atoms with Gasteiger partial charge >= 0.3 is 0 Å². The minimum atomic E-state index is -0.537. The van der Waals surface area contributed by atoms with Crippen molar-refractivity contribution in [1.29, 1.82) is 0 Å². The molecule has 0 unspecified atom stereocenters. The fourth-order valence-electron chi connectivity index (χ4n) is 2.12. The van der Waals surface area contributed by atoms with Crippen LogP contribution >= 0.6 is 12.2 Å². The number of carbonyl (C=O) groups excluding carboxylic acids is 2. The molecular weight excluding hydrogens is 350 g/mol. The summed E-state index contributed by atoms with van der Waals surface area (Å²) >= 11 is 5.13. The quantitative estimate of drug-likeness (QED) is 0.514. The molecule has 2 amide bonds. The molecule has 26 heavy (non-hydrogen) atoms. The molecule has 0 aromatic heterocycles. The Balaban J connectivity index is 1.91. The molecule has 0 fully saturated rings. The summed E-state index contributed by atoms with van der Waals surface area (Å²) in [7, 11) is 0. The first-order valence-corrected chi connectivity index (χ1v) is 8.65. The Morgan fingerprint density at radius 1 is 1.12 bits per heavy atom. The molecule has 0 bridgehead atoms. The number of nitrogens with two attached hydrogens (primary N) is 1. The number of hydrogen-bond donors (Lipinski definition) is 3. The van der Waals surface area contributed by atoms with Gasteiger partial charge in [0, 0.05) is 16.8 Å². The molecule has 2 aromatic rings. The van der Waals surface area contributed by atoms with E-state index in [4.69, 9.17) is 22.7 Å². The van der Waals surface area contributed by atoms with Crippen LogP contribution in [-0.2, 0) is 0 Å². The molecule has 7 heteroatoms. The van der Waals surface area contributed by atoms with Gasteiger partial charge in [0.25, 0.3) is 5.91 Å². The van der Waals surface area contributed by atoms with Gasteiger partial charge in [0.1, 0.15) is 5.75 Å². The Morgan fingerprint density at radius 2 is 1.85 bits per heavy atom. The van der Waals surface area contributed by atoms with E-state index in [0.29, 0.717) is 23.4 Å². The molecule has 2 rings (SSSR count). The molecule has 0 aliphatic carbocycles. The number of anilines is 1. The van der Waals surface area contributed by atoms with Gasteiger partial charge in [-0.05, 0) is 61.1 Å². The summed E-state index contributed by atoms with van der Waals surface area (Å²) in [6, 6.07) is 13.4. The lowest BCUT2D eigenvalue weighted by molar-refractivity contribution is 0.0974. The molecule has 4 N–H and O–H groups in total. The summed E-state index contributed by atoms with van der Waals surface area (Å²) < 4.78 is 5.56. The molecule has 0 heterocycles. The molecule has 0 saturated heterocycles. The largest absolute Gasteiger partial charge is 0.494 e. The van der Waals surface area contributed by atoms with Crippen LogP contribution in [0.25, 0.3) is 0 Å². The second-order valence-corrected chi connectivity index (χ2v) is 5.99. The molecule has 136 valence electrons. The van der Waals surface area contributed by atoms with Crippen molar-refractivity contribution in [3.05, 3.63) is 59.7 Å². The summed E-state index contributed by atoms with van der Waals surface area (Å²) in [5, 5.41) is 5.57. The zero-order chi connectivity index (χ0) is 18.9. The van der Waals surface area contributed by atoms with Crippen LogP contribution in [0.2, 0.25) is 0 Å². The molecular formula is C19H21N3O3S. The molecule has 0 saturated carbocycles. The summed E-state index contributed by atoms with van der Waals surface area (Å²) in [5.74, 6) is -0.155. The van der Waals surface area contributed by atoms with Crippen molar-refractivity contribution in [3.63, 3.8) is 0 Å². The Bertz CT molecular complexity index is 791. The van der Waals surface area contributed by atoms with E-state index < -0.39 is 5.91 Å². The van der Waals surface area contributed by atoms with E-state index in [1.54, 1.807) is 48.5 Å². The van der Waals surface area contributed by atoms with Crippen LogP contribution in [0.1, 0.15) is 40.5 Å². The van der Waals surface area contributed by atoms with Crippen LogP contribution in [0.3, 0.4) is 0 Å². The normalized spacial score (nSPS) is 10.0. The molecule has 0 spiro atoms. The molecule has 0 aliphatic heterocycles. The third kappa shape index (κ3) is 5.86. The highest BCUT2D eigenvalue weighted by Crippen LogP contribution is 2.13. The molecule has 0 atom stereocenters. The molecule has 2 aromatic carbocycles. The van der Waals surface area contributed by atoms with Crippen LogP contribution in [0.4, 0.5) is 5.69 Å². The lowest BCUT2D eigenvalue weighted by Gasteiger charge is -2.11. The highest BCUT2D eigenvalue weighted by atomic mass is 32.1. The van der Waals surface area contributed by atoms with E-state index in [0.717, 1.165) is 18.6 Å². The highest BCUT2D eigenvalue weighted by molar-refractivity contribution is 7.80. The van der Waals surface area contributed by atoms with Crippen LogP contribution in [0.15, 0.2) is 48.5 Å². The van der Waals surface area contributed by atoms with Crippen molar-refractivity contribution in [2.75, 3.05) is 11.9 Å². The fraction of sp³-hybridized carbons (Fsp3) is 0.211. The van der Waals surface area contributed by atoms with Crippen LogP contribution < -0.4 is 21.1 Å². The summed E-state index contributed by atoms with van der Waals surface area (Å²) in [6.45, 7) is 2.75. The maximum atomic E-state index is 12.2. The van der Waals surface area contributed by atoms with Crippen molar-refractivity contribution in [1.82, 2.24) is 5.32 Å². The van der Waals surface area contributed by atoms with E-state index in [1.807, 2.05) is 0 Å². The minimum absolute atomic E-state index is 0.125. The zero-order valence-electron chi connectivity index (χ0n) is 14.5. The number of thiocarbonyl (C=S) groups is 1. The van der Waals surface area contributed by atoms with Gasteiger partial charge in [-0.1, -0.05) is 19.4 Å². The number of carbonyl (C=O) groups is 2. The number of benzene rings is 2. The van der Waals surface area contributed by atoms with Gasteiger partial charge in [0.2, 0.25) is 5.91 Å². The van der Waals surface area contributed by atoms with Gasteiger partial charge < -0.3 is 15.8 Å². The summed E-state index contributed by atoms with van der Waals surface area (Å²) in [6.07, 6.45) is 2.05. The van der Waals surface area contributed by atoms with E-state index in [9.17, 15) is 9.59 Å². The number of hydrogen-bond acceptors (Lipinski definition) is 4. The predicted octanol–water partition coefficient (Wildman–Crippen LogP) is 3.09. The van der Waals surface area contributed by atoms with E-state index in [1.165, 1.54) is 0 Å². The van der Waals surface area contributed by atoms with Crippen LogP contribution in [0.5, 0.6) is 5.75 Å². The standard InChI is InChI=1S/C19H21N3O3S/c1-2-3-11-25-16-9-7-13(8-10-16)18(24)22-19(26)21-15-6-4-5-14(12-15)17(20)23/h4-10,12H,2-3,11H2,1H3,(H2,20,23)(H2,21,22,24,26). The van der Waals surface area contributed by atoms with Gasteiger partial charge in [-0.2, -0.15) is 0 Å². The fourth-order valence-corrected chi connectivity index (χ4v) is 2.34. The first-order chi connectivity index (χ1) is 12.5. The number of amides is 2. The average molecular weight is 371 g/mol. The summed E-state index contributed by atoms with van der Waals surface area (Å²) in [5.41, 5.74) is 6.61. The number of primary amides is 1. The first kappa shape index (κ1) is 19.4. The smallest absolute Gasteiger partial charge is 0.257 e. The molecule has 0 aliphatic rings. The Morgan fingerprint density at radius 3 is 2.50 bits per heavy atom. The number of ether oxygens (including phenoxy) is 1. The first-order valence-electron chi connectivity index (χ1n) is 8.24. The third-order valence-corrected chi connectivity index (χ3v) is 3.72. The lowest BCUT2D eigenvalue weighted by atomic mass is 10.2. The molecule has 6 nitrogen and oxygen atoms in total. The zero-order valence-corrected chi connectivity index (χ0v) is 15.3. The molecule has 0 radical (unpaired) electrons. The van der Waals surface area contributed by atoms with E-state index in [2.05, 4.69) is 17.6 Å². The van der Waals surface area contributed by atoms with Crippen molar-refractivity contribution in [2.24, 2.45) is 5.73 Å². The SMILES string of the molecule is CCCCOc1ccc(C(=O)NC(=S)Nc2cccc(C(N)=O)c2)cc1. The maximum absolute atomic E-state index is 12.2. The summed E-state index contributed by atoms with van der Waals surface area (Å²) in [4.78, 5) is 23.4. The second-order valence-electron chi connectivity index (χ2n) is 5.58. The van der Waals surface area contributed by atoms with Crippen LogP contribution in [-0.4, -0.2) is 23.5 Å². The van der Waals surface area contributed by atoms with Gasteiger partial charge in [0.05, 0.1) is 6.61 Å². The number of unbranched alkanes of at least 4 members (excludes halogenated alkanes) is 1. The van der Waals surface area contributed by atoms with Gasteiger partial charge in [-0.3, -0.25) is 14.9 Å². The number of nitrogens with one attached hydrogen (secondary N) is 2. The van der Waals surface area contributed by atoms with Gasteiger partial charge in [0.15, 0.2) is 5.11 Å². The van der Waals surface area contributed by atoms with Crippen molar-refractivity contribution < 1.29 is 14.3 Å². The van der Waals surface area contributed by atoms with Crippen molar-refractivity contribution in [2.45, 2.75) is 19.8 Å². The Kier molecular flexibility index (Phi) is 7.11. The van der Waals surface area contributed by atoms with Gasteiger partial charge in [-0.15, -0.1) is 0 Å². The second kappa shape index (κ2) is 9.53. The van der Waals surface area contributed by atoms with Crippen molar-refractivity contribution in [3.8, 4) is 5.75 Å². The monoisotopic (exact) mass is 371 g/mol. The highest BCUT2D eigenvalue weighted by Gasteiger charge is 2.09. The van der Waals surface area contributed by atoms with Crippen molar-refractivity contribution >= 4 is 34.8 Å². The topological polar surface area (TPSA) is 93.4 Å².